The van der Waals surface area contributed by atoms with Gasteiger partial charge < -0.3 is 5.11 Å². The molecule has 0 atom stereocenters. The molecule has 0 unspecified atom stereocenters. The summed E-state index contributed by atoms with van der Waals surface area (Å²) < 4.78 is 0.877. The molecule has 0 aliphatic rings. The maximum absolute atomic E-state index is 10.5. The van der Waals surface area contributed by atoms with Gasteiger partial charge in [-0.2, -0.15) is 0 Å². The molecule has 0 aromatic carbocycles. The predicted octanol–water partition coefficient (Wildman–Crippen LogP) is 1.69. The third kappa shape index (κ3) is 1.68. The molecule has 11 heavy (non-hydrogen) atoms. The van der Waals surface area contributed by atoms with Crippen LogP contribution in [0.3, 0.4) is 0 Å². The first-order valence-corrected chi connectivity index (χ1v) is 4.04. The Bertz CT molecular complexity index is 298. The van der Waals surface area contributed by atoms with Crippen LogP contribution in [0.15, 0.2) is 12.4 Å². The number of nitrogens with zero attached hydrogens (tertiary/aromatic N) is 1. The van der Waals surface area contributed by atoms with Gasteiger partial charge in [-0.05, 0) is 35.1 Å². The second-order valence-electron chi connectivity index (χ2n) is 2.10. The summed E-state index contributed by atoms with van der Waals surface area (Å²) in [5.74, 6) is -0.923. The fraction of sp³-hybridized carbons (Fsp3) is 0.143. The third-order valence-corrected chi connectivity index (χ3v) is 2.47. The lowest BCUT2D eigenvalue weighted by atomic mass is 10.2. The van der Waals surface area contributed by atoms with Crippen molar-refractivity contribution in [1.82, 2.24) is 4.98 Å². The van der Waals surface area contributed by atoms with Gasteiger partial charge in [-0.1, -0.05) is 0 Å². The zero-order valence-corrected chi connectivity index (χ0v) is 7.99. The van der Waals surface area contributed by atoms with Gasteiger partial charge in [0.25, 0.3) is 0 Å². The summed E-state index contributed by atoms with van der Waals surface area (Å²) in [6.07, 6.45) is 3.00. The van der Waals surface area contributed by atoms with E-state index < -0.39 is 5.97 Å². The molecular formula is C7H6INO2. The molecule has 0 spiro atoms. The largest absolute Gasteiger partial charge is 0.478 e. The predicted molar refractivity (Wildman–Crippen MR) is 48.7 cm³/mol. The number of carboxylic acids is 1. The van der Waals surface area contributed by atoms with Gasteiger partial charge in [0.15, 0.2) is 0 Å². The fourth-order valence-corrected chi connectivity index (χ4v) is 1.17. The minimum atomic E-state index is -0.923. The van der Waals surface area contributed by atoms with Crippen LogP contribution in [-0.2, 0) is 0 Å². The number of rotatable bonds is 1. The van der Waals surface area contributed by atoms with Crippen LogP contribution in [0.1, 0.15) is 15.9 Å². The Morgan fingerprint density at radius 3 is 2.73 bits per heavy atom. The van der Waals surface area contributed by atoms with Crippen molar-refractivity contribution in [2.45, 2.75) is 6.92 Å². The Morgan fingerprint density at radius 2 is 2.27 bits per heavy atom. The van der Waals surface area contributed by atoms with Gasteiger partial charge in [0.1, 0.15) is 0 Å². The summed E-state index contributed by atoms with van der Waals surface area (Å²) in [5.41, 5.74) is 1.05. The lowest BCUT2D eigenvalue weighted by Crippen LogP contribution is -2.01. The Morgan fingerprint density at radius 1 is 1.64 bits per heavy atom. The molecule has 1 aromatic rings. The van der Waals surface area contributed by atoms with Gasteiger partial charge in [0.2, 0.25) is 0 Å². The van der Waals surface area contributed by atoms with Crippen LogP contribution in [0.25, 0.3) is 0 Å². The monoisotopic (exact) mass is 263 g/mol. The molecule has 3 nitrogen and oxygen atoms in total. The molecule has 0 saturated heterocycles. The number of pyridine rings is 1. The SMILES string of the molecule is Cc1c(I)cncc1C(=O)O. The molecule has 0 saturated carbocycles. The van der Waals surface area contributed by atoms with Crippen molar-refractivity contribution in [3.8, 4) is 0 Å². The van der Waals surface area contributed by atoms with Crippen LogP contribution in [0.4, 0.5) is 0 Å². The Labute approximate surface area is 77.6 Å². The molecule has 0 radical (unpaired) electrons. The number of halogens is 1. The van der Waals surface area contributed by atoms with Crippen LogP contribution < -0.4 is 0 Å². The average Bonchev–Trinajstić information content (AvgIpc) is 1.94. The van der Waals surface area contributed by atoms with Crippen molar-refractivity contribution in [2.24, 2.45) is 0 Å². The number of carbonyl (C=O) groups is 1. The van der Waals surface area contributed by atoms with Crippen LogP contribution in [0.5, 0.6) is 0 Å². The topological polar surface area (TPSA) is 50.2 Å². The van der Waals surface area contributed by atoms with E-state index in [-0.39, 0.29) is 5.56 Å². The highest BCUT2D eigenvalue weighted by Crippen LogP contribution is 2.13. The smallest absolute Gasteiger partial charge is 0.337 e. The molecular weight excluding hydrogens is 257 g/mol. The third-order valence-electron chi connectivity index (χ3n) is 1.38. The van der Waals surface area contributed by atoms with Gasteiger partial charge in [0.05, 0.1) is 5.56 Å². The highest BCUT2D eigenvalue weighted by molar-refractivity contribution is 14.1. The normalized spacial score (nSPS) is 9.64. The van der Waals surface area contributed by atoms with E-state index in [1.807, 2.05) is 0 Å². The summed E-state index contributed by atoms with van der Waals surface area (Å²) >= 11 is 2.06. The van der Waals surface area contributed by atoms with E-state index in [1.54, 1.807) is 13.1 Å². The van der Waals surface area contributed by atoms with Gasteiger partial charge in [-0.15, -0.1) is 0 Å². The van der Waals surface area contributed by atoms with Crippen LogP contribution in [0, 0.1) is 10.5 Å². The first-order chi connectivity index (χ1) is 5.13. The minimum Gasteiger partial charge on any atom is -0.478 e. The summed E-state index contributed by atoms with van der Waals surface area (Å²) in [6.45, 7) is 1.77. The maximum Gasteiger partial charge on any atom is 0.337 e. The second-order valence-corrected chi connectivity index (χ2v) is 3.26. The summed E-state index contributed by atoms with van der Waals surface area (Å²) in [5, 5.41) is 8.65. The summed E-state index contributed by atoms with van der Waals surface area (Å²) in [7, 11) is 0. The summed E-state index contributed by atoms with van der Waals surface area (Å²) in [4.78, 5) is 14.3. The molecule has 1 rings (SSSR count). The van der Waals surface area contributed by atoms with E-state index in [9.17, 15) is 4.79 Å². The van der Waals surface area contributed by atoms with Crippen molar-refractivity contribution in [3.63, 3.8) is 0 Å². The molecule has 0 amide bonds. The zero-order valence-electron chi connectivity index (χ0n) is 5.84. The van der Waals surface area contributed by atoms with Crippen molar-refractivity contribution in [3.05, 3.63) is 27.1 Å². The Hall–Kier alpha value is -0.650. The highest BCUT2D eigenvalue weighted by Gasteiger charge is 2.08. The Balaban J connectivity index is 3.27. The van der Waals surface area contributed by atoms with Crippen LogP contribution in [0.2, 0.25) is 0 Å². The number of carboxylic acid groups (broad SMARTS) is 1. The van der Waals surface area contributed by atoms with E-state index in [0.717, 1.165) is 9.13 Å². The molecule has 58 valence electrons. The lowest BCUT2D eigenvalue weighted by molar-refractivity contribution is 0.0695. The molecule has 4 heteroatoms. The van der Waals surface area contributed by atoms with Crippen molar-refractivity contribution in [2.75, 3.05) is 0 Å². The zero-order chi connectivity index (χ0) is 8.43. The van der Waals surface area contributed by atoms with E-state index >= 15 is 0 Å². The summed E-state index contributed by atoms with van der Waals surface area (Å²) in [6, 6.07) is 0. The minimum absolute atomic E-state index is 0.275. The highest BCUT2D eigenvalue weighted by atomic mass is 127. The van der Waals surface area contributed by atoms with Gasteiger partial charge >= 0.3 is 5.97 Å². The number of aromatic carboxylic acids is 1. The molecule has 0 bridgehead atoms. The molecule has 0 fully saturated rings. The first-order valence-electron chi connectivity index (χ1n) is 2.96. The van der Waals surface area contributed by atoms with Crippen molar-refractivity contribution in [1.29, 1.82) is 0 Å². The molecule has 1 aromatic heterocycles. The Kier molecular flexibility index (Phi) is 2.43. The van der Waals surface area contributed by atoms with Crippen molar-refractivity contribution >= 4 is 28.6 Å². The van der Waals surface area contributed by atoms with E-state index in [2.05, 4.69) is 27.6 Å². The number of hydrogen-bond acceptors (Lipinski definition) is 2. The van der Waals surface area contributed by atoms with Crippen molar-refractivity contribution < 1.29 is 9.90 Å². The molecule has 1 N–H and O–H groups in total. The number of aromatic nitrogens is 1. The van der Waals surface area contributed by atoms with Crippen LogP contribution in [-0.4, -0.2) is 16.1 Å². The van der Waals surface area contributed by atoms with Gasteiger partial charge in [-0.25, -0.2) is 4.79 Å². The average molecular weight is 263 g/mol. The lowest BCUT2D eigenvalue weighted by Gasteiger charge is -2.00. The maximum atomic E-state index is 10.5. The van der Waals surface area contributed by atoms with E-state index in [1.165, 1.54) is 6.20 Å². The second kappa shape index (κ2) is 3.17. The first kappa shape index (κ1) is 8.45. The van der Waals surface area contributed by atoms with Gasteiger partial charge in [0, 0.05) is 16.0 Å². The molecule has 0 aliphatic heterocycles. The quantitative estimate of drug-likeness (QED) is 0.784. The molecule has 0 aliphatic carbocycles. The fourth-order valence-electron chi connectivity index (χ4n) is 0.715. The standard InChI is InChI=1S/C7H6INO2/c1-4-5(7(10)11)2-9-3-6(4)8/h2-3H,1H3,(H,10,11). The van der Waals surface area contributed by atoms with E-state index in [4.69, 9.17) is 5.11 Å². The number of hydrogen-bond donors (Lipinski definition) is 1. The van der Waals surface area contributed by atoms with E-state index in [0.29, 0.717) is 0 Å². The molecule has 1 heterocycles. The van der Waals surface area contributed by atoms with Crippen LogP contribution >= 0.6 is 22.6 Å². The van der Waals surface area contributed by atoms with Gasteiger partial charge in [-0.3, -0.25) is 4.98 Å².